The molecule has 0 radical (unpaired) electrons. The fraction of sp³-hybridized carbons (Fsp3) is 0.274. The van der Waals surface area contributed by atoms with Crippen LogP contribution >= 0.6 is 0 Å². The van der Waals surface area contributed by atoms with Crippen molar-refractivity contribution in [2.45, 2.75) is 85.7 Å². The van der Waals surface area contributed by atoms with Crippen molar-refractivity contribution in [3.8, 4) is 16.9 Å². The fourth-order valence-electron chi connectivity index (χ4n) is 12.8. The molecule has 0 saturated carbocycles. The number of fused-ring (bicyclic) bond motifs is 4. The first-order chi connectivity index (χ1) is 43.1. The Kier molecular flexibility index (Phi) is 19.9. The lowest BCUT2D eigenvalue weighted by Crippen LogP contribution is -2.49. The molecule has 5 N–H and O–H groups in total. The van der Waals surface area contributed by atoms with E-state index in [0.717, 1.165) is 66.2 Å². The SMILES string of the molecule is C=C(C)C(=O)CCCCN(Cc1ccccc1B(O)O)Cc1c2ccccc2c(CN(CCCNC(=O)C(=C)C)Cc2ccccc2B(O)O)c2ccc(-c3cn(-c4ccc(C)c(C5=C6C=CC(=[N+](C)C)C=C6[Si](C)(C)c6cc(N(C)C)ccc65)c4)nn3)cc12. The van der Waals surface area contributed by atoms with Crippen molar-refractivity contribution < 1.29 is 34.3 Å². The summed E-state index contributed by atoms with van der Waals surface area (Å²) in [6.07, 6.45) is 11.3. The lowest BCUT2D eigenvalue weighted by molar-refractivity contribution is -0.462. The first-order valence-electron chi connectivity index (χ1n) is 31.1. The molecule has 2 heterocycles. The molecule has 8 aromatic rings. The summed E-state index contributed by atoms with van der Waals surface area (Å²) in [7, 11) is 2.88. The molecule has 10 rings (SSSR count). The Hall–Kier alpha value is -8.38. The third kappa shape index (κ3) is 14.0. The second-order valence-electron chi connectivity index (χ2n) is 25.2. The van der Waals surface area contributed by atoms with E-state index in [1.165, 1.54) is 38.5 Å². The van der Waals surface area contributed by atoms with Gasteiger partial charge in [-0.15, -0.1) is 5.10 Å². The minimum absolute atomic E-state index is 0.0413. The van der Waals surface area contributed by atoms with Gasteiger partial charge in [0.1, 0.15) is 27.9 Å². The number of anilines is 1. The summed E-state index contributed by atoms with van der Waals surface area (Å²) >= 11 is 0. The molecular formula is C73H83B2N8O6Si+. The summed E-state index contributed by atoms with van der Waals surface area (Å²) < 4.78 is 4.05. The van der Waals surface area contributed by atoms with Crippen LogP contribution in [0.25, 0.3) is 44.1 Å². The summed E-state index contributed by atoms with van der Waals surface area (Å²) in [5.74, 6) is -0.161. The van der Waals surface area contributed by atoms with Gasteiger partial charge in [0.05, 0.1) is 11.9 Å². The van der Waals surface area contributed by atoms with E-state index in [2.05, 4.69) is 183 Å². The summed E-state index contributed by atoms with van der Waals surface area (Å²) in [5.41, 5.74) is 16.3. The highest BCUT2D eigenvalue weighted by Gasteiger charge is 2.41. The van der Waals surface area contributed by atoms with Crippen LogP contribution in [0.2, 0.25) is 13.1 Å². The van der Waals surface area contributed by atoms with Gasteiger partial charge in [0.25, 0.3) is 0 Å². The number of nitrogens with zero attached hydrogens (tertiary/aromatic N) is 7. The summed E-state index contributed by atoms with van der Waals surface area (Å²) in [6, 6.07) is 43.3. The number of Topliss-reactive ketones (excluding diaryl/α,β-unsaturated/α-hetero) is 1. The fourth-order valence-corrected chi connectivity index (χ4v) is 15.9. The highest BCUT2D eigenvalue weighted by Crippen LogP contribution is 2.44. The maximum Gasteiger partial charge on any atom is 0.488 e. The van der Waals surface area contributed by atoms with Gasteiger partial charge in [0.15, 0.2) is 11.5 Å². The van der Waals surface area contributed by atoms with E-state index in [4.69, 9.17) is 10.3 Å². The number of aryl methyl sites for hydroxylation is 1. The lowest BCUT2D eigenvalue weighted by Gasteiger charge is -2.38. The molecule has 90 heavy (non-hydrogen) atoms. The number of carbonyl (C=O) groups is 2. The first kappa shape index (κ1) is 64.6. The highest BCUT2D eigenvalue weighted by molar-refractivity contribution is 6.98. The number of carbonyl (C=O) groups excluding carboxylic acids is 2. The predicted octanol–water partition coefficient (Wildman–Crippen LogP) is 8.86. The largest absolute Gasteiger partial charge is 0.488 e. The predicted molar refractivity (Wildman–Crippen MR) is 372 cm³/mol. The summed E-state index contributed by atoms with van der Waals surface area (Å²) in [6.45, 7) is 21.6. The number of hydrogen-bond acceptors (Lipinski definition) is 11. The van der Waals surface area contributed by atoms with Crippen molar-refractivity contribution in [1.82, 2.24) is 30.1 Å². The van der Waals surface area contributed by atoms with Gasteiger partial charge in [-0.3, -0.25) is 19.4 Å². The number of ketones is 1. The number of nitrogens with one attached hydrogen (secondary N) is 1. The molecule has 0 bridgehead atoms. The molecule has 0 fully saturated rings. The van der Waals surface area contributed by atoms with Gasteiger partial charge in [-0.05, 0) is 182 Å². The highest BCUT2D eigenvalue weighted by atomic mass is 28.3. The average molecular weight is 1220 g/mol. The molecule has 17 heteroatoms. The van der Waals surface area contributed by atoms with Crippen LogP contribution in [0.4, 0.5) is 5.69 Å². The molecule has 0 saturated heterocycles. The van der Waals surface area contributed by atoms with Crippen LogP contribution in [0.5, 0.6) is 0 Å². The minimum atomic E-state index is -2.20. The Labute approximate surface area is 531 Å². The van der Waals surface area contributed by atoms with Gasteiger partial charge in [0.2, 0.25) is 5.91 Å². The van der Waals surface area contributed by atoms with Gasteiger partial charge >= 0.3 is 14.2 Å². The van der Waals surface area contributed by atoms with Crippen molar-refractivity contribution in [1.29, 1.82) is 0 Å². The molecule has 0 unspecified atom stereocenters. The van der Waals surface area contributed by atoms with E-state index in [-0.39, 0.29) is 11.7 Å². The van der Waals surface area contributed by atoms with Crippen molar-refractivity contribution in [3.63, 3.8) is 0 Å². The van der Waals surface area contributed by atoms with E-state index in [9.17, 15) is 29.7 Å². The van der Waals surface area contributed by atoms with Crippen molar-refractivity contribution >= 4 is 88.6 Å². The number of benzene rings is 7. The van der Waals surface area contributed by atoms with Crippen LogP contribution in [0.15, 0.2) is 187 Å². The van der Waals surface area contributed by atoms with E-state index >= 15 is 0 Å². The zero-order valence-electron chi connectivity index (χ0n) is 53.5. The number of hydrogen-bond donors (Lipinski definition) is 5. The summed E-state index contributed by atoms with van der Waals surface area (Å²) in [4.78, 5) is 32.3. The van der Waals surface area contributed by atoms with Gasteiger partial charge in [0, 0.05) is 88.8 Å². The zero-order valence-corrected chi connectivity index (χ0v) is 54.5. The first-order valence-corrected chi connectivity index (χ1v) is 34.1. The molecule has 1 aliphatic carbocycles. The van der Waals surface area contributed by atoms with E-state index < -0.39 is 22.3 Å². The molecule has 2 aliphatic rings. The molecule has 1 amide bonds. The molecular weight excluding hydrogens is 1130 g/mol. The third-order valence-electron chi connectivity index (χ3n) is 17.9. The van der Waals surface area contributed by atoms with Crippen molar-refractivity contribution in [3.05, 3.63) is 226 Å². The van der Waals surface area contributed by atoms with E-state index in [1.54, 1.807) is 32.0 Å². The van der Waals surface area contributed by atoms with Crippen LogP contribution in [-0.2, 0) is 35.8 Å². The van der Waals surface area contributed by atoms with Gasteiger partial charge in [-0.2, -0.15) is 0 Å². The van der Waals surface area contributed by atoms with Crippen LogP contribution in [-0.4, -0.2) is 137 Å². The number of aromatic nitrogens is 3. The zero-order chi connectivity index (χ0) is 64.1. The van der Waals surface area contributed by atoms with Crippen LogP contribution in [0.3, 0.4) is 0 Å². The summed E-state index contributed by atoms with van der Waals surface area (Å²) in [5, 5.41) is 62.1. The number of allylic oxidation sites excluding steroid dienone is 6. The Balaban J connectivity index is 1.11. The standard InChI is InChI=1S/C73H82B2N8O6Si/c1-48(2)69(84)27-18-19-37-81(43-52-21-12-16-25-66(52)74(86)87)46-65-58-24-15-14-23-57(58)64(45-82(38-20-36-76-73(85)49(3)4)44-53-22-13-17-26-67(53)75(88)89)59-33-29-51(39-63(59)65)68-47-83(78-77-68)56-30-28-50(5)62(40-56)72-60-34-31-54(79(6)7)41-70(60)90(10,11)71-42-55(80(8)9)32-35-61(71)72/h12-17,21-26,28-35,39-42,47,86-89H,1,3,18-20,27,36-38,43-46H2,2,4-11H3/p+1. The molecule has 7 aromatic carbocycles. The van der Waals surface area contributed by atoms with Crippen LogP contribution < -0.4 is 26.3 Å². The smallest absolute Gasteiger partial charge is 0.423 e. The van der Waals surface area contributed by atoms with Crippen LogP contribution in [0.1, 0.15) is 78.5 Å². The molecule has 1 aromatic heterocycles. The number of amides is 1. The Morgan fingerprint density at radius 1 is 0.678 bits per heavy atom. The second kappa shape index (κ2) is 27.8. The maximum atomic E-state index is 12.8. The second-order valence-corrected chi connectivity index (χ2v) is 29.5. The van der Waals surface area contributed by atoms with Crippen molar-refractivity contribution in [2.24, 2.45) is 0 Å². The quantitative estimate of drug-likeness (QED) is 0.0122. The van der Waals surface area contributed by atoms with Crippen molar-refractivity contribution in [2.75, 3.05) is 52.7 Å². The number of rotatable bonds is 25. The minimum Gasteiger partial charge on any atom is -0.423 e. The Morgan fingerprint density at radius 2 is 1.29 bits per heavy atom. The molecule has 14 nitrogen and oxygen atoms in total. The third-order valence-corrected chi connectivity index (χ3v) is 21.4. The topological polar surface area (TPSA) is 171 Å². The van der Waals surface area contributed by atoms with Gasteiger partial charge < -0.3 is 30.3 Å². The van der Waals surface area contributed by atoms with Gasteiger partial charge in [-0.1, -0.05) is 129 Å². The van der Waals surface area contributed by atoms with E-state index in [0.29, 0.717) is 99.3 Å². The molecule has 460 valence electrons. The van der Waals surface area contributed by atoms with Gasteiger partial charge in [-0.25, -0.2) is 9.26 Å². The lowest BCUT2D eigenvalue weighted by atomic mass is 9.77. The van der Waals surface area contributed by atoms with Crippen LogP contribution in [0, 0.1) is 6.92 Å². The maximum absolute atomic E-state index is 12.8. The molecule has 0 atom stereocenters. The number of unbranched alkanes of at least 4 members (excludes halogenated alkanes) is 1. The molecule has 1 aliphatic heterocycles. The Bertz CT molecular complexity index is 4230. The average Bonchev–Trinajstić information content (AvgIpc) is 0.788. The normalized spacial score (nSPS) is 13.4. The molecule has 0 spiro atoms. The Morgan fingerprint density at radius 3 is 1.90 bits per heavy atom. The van der Waals surface area contributed by atoms with E-state index in [1.807, 2.05) is 41.2 Å². The monoisotopic (exact) mass is 1220 g/mol.